The first-order valence-electron chi connectivity index (χ1n) is 8.67. The summed E-state index contributed by atoms with van der Waals surface area (Å²) in [5, 5.41) is 4.95. The molecule has 132 valence electrons. The Morgan fingerprint density at radius 3 is 2.56 bits per heavy atom. The zero-order chi connectivity index (χ0) is 18.0. The quantitative estimate of drug-likeness (QED) is 0.790. The third-order valence-corrected chi connectivity index (χ3v) is 4.72. The molecule has 1 aliphatic carbocycles. The summed E-state index contributed by atoms with van der Waals surface area (Å²) in [5.74, 6) is -0.130. The second-order valence-corrected chi connectivity index (χ2v) is 6.89. The Bertz CT molecular complexity index is 812. The van der Waals surface area contributed by atoms with E-state index in [-0.39, 0.29) is 23.6 Å². The van der Waals surface area contributed by atoms with Gasteiger partial charge in [0.1, 0.15) is 5.69 Å². The molecule has 6 heteroatoms. The van der Waals surface area contributed by atoms with Crippen molar-refractivity contribution < 1.29 is 4.79 Å². The van der Waals surface area contributed by atoms with Crippen molar-refractivity contribution in [3.05, 3.63) is 63.0 Å². The highest BCUT2D eigenvalue weighted by atomic mass is 35.5. The van der Waals surface area contributed by atoms with Gasteiger partial charge in [0, 0.05) is 23.7 Å². The maximum Gasteiger partial charge on any atom is 0.275 e. The van der Waals surface area contributed by atoms with Gasteiger partial charge < -0.3 is 4.90 Å². The molecule has 0 unspecified atom stereocenters. The van der Waals surface area contributed by atoms with Crippen molar-refractivity contribution in [2.75, 3.05) is 0 Å². The van der Waals surface area contributed by atoms with E-state index in [1.165, 1.54) is 16.8 Å². The van der Waals surface area contributed by atoms with E-state index in [1.54, 1.807) is 0 Å². The highest BCUT2D eigenvalue weighted by molar-refractivity contribution is 6.30. The van der Waals surface area contributed by atoms with E-state index in [4.69, 9.17) is 11.6 Å². The lowest BCUT2D eigenvalue weighted by Crippen LogP contribution is -2.37. The molecule has 1 aromatic carbocycles. The molecule has 25 heavy (non-hydrogen) atoms. The molecule has 1 aromatic heterocycles. The Morgan fingerprint density at radius 1 is 1.28 bits per heavy atom. The Morgan fingerprint density at radius 2 is 1.96 bits per heavy atom. The lowest BCUT2D eigenvalue weighted by Gasteiger charge is -2.29. The normalized spacial score (nSPS) is 15.0. The van der Waals surface area contributed by atoms with Crippen molar-refractivity contribution >= 4 is 17.5 Å². The van der Waals surface area contributed by atoms with Crippen LogP contribution < -0.4 is 5.56 Å². The fourth-order valence-electron chi connectivity index (χ4n) is 2.98. The fraction of sp³-hybridized carbons (Fsp3) is 0.421. The van der Waals surface area contributed by atoms with Crippen LogP contribution in [0.2, 0.25) is 5.02 Å². The van der Waals surface area contributed by atoms with Crippen LogP contribution in [0, 0.1) is 0 Å². The Hall–Kier alpha value is -2.14. The van der Waals surface area contributed by atoms with Gasteiger partial charge in [0.25, 0.3) is 11.5 Å². The first-order valence-corrected chi connectivity index (χ1v) is 9.05. The Balaban J connectivity index is 1.90. The number of halogens is 1. The molecule has 0 aliphatic heterocycles. The summed E-state index contributed by atoms with van der Waals surface area (Å²) in [4.78, 5) is 26.8. The molecule has 1 aliphatic rings. The summed E-state index contributed by atoms with van der Waals surface area (Å²) in [5.41, 5.74) is 1.18. The lowest BCUT2D eigenvalue weighted by molar-refractivity contribution is 0.0664. The Labute approximate surface area is 152 Å². The minimum Gasteiger partial charge on any atom is -0.328 e. The average Bonchev–Trinajstić information content (AvgIpc) is 3.42. The van der Waals surface area contributed by atoms with Gasteiger partial charge in [-0.25, -0.2) is 4.68 Å². The van der Waals surface area contributed by atoms with Gasteiger partial charge in [0.2, 0.25) is 0 Å². The molecule has 3 rings (SSSR count). The van der Waals surface area contributed by atoms with E-state index in [0.717, 1.165) is 24.8 Å². The smallest absolute Gasteiger partial charge is 0.275 e. The van der Waals surface area contributed by atoms with Crippen LogP contribution in [-0.4, -0.2) is 26.6 Å². The number of rotatable bonds is 6. The number of nitrogens with zero attached hydrogens (tertiary/aromatic N) is 3. The van der Waals surface area contributed by atoms with Crippen LogP contribution in [0.5, 0.6) is 0 Å². The molecule has 1 amide bonds. The number of carbonyl (C=O) groups is 1. The van der Waals surface area contributed by atoms with Gasteiger partial charge in [-0.15, -0.1) is 0 Å². The summed E-state index contributed by atoms with van der Waals surface area (Å²) in [6.45, 7) is 4.50. The fourth-order valence-corrected chi connectivity index (χ4v) is 3.11. The highest BCUT2D eigenvalue weighted by Gasteiger charge is 2.37. The van der Waals surface area contributed by atoms with Gasteiger partial charge in [0.15, 0.2) is 0 Å². The van der Waals surface area contributed by atoms with Crippen molar-refractivity contribution in [3.63, 3.8) is 0 Å². The molecule has 1 atom stereocenters. The number of carbonyl (C=O) groups excluding carboxylic acids is 1. The van der Waals surface area contributed by atoms with Gasteiger partial charge >= 0.3 is 0 Å². The second kappa shape index (κ2) is 7.40. The number of hydrogen-bond acceptors (Lipinski definition) is 3. The molecule has 0 spiro atoms. The van der Waals surface area contributed by atoms with E-state index in [9.17, 15) is 9.59 Å². The number of amides is 1. The third-order valence-electron chi connectivity index (χ3n) is 4.47. The second-order valence-electron chi connectivity index (χ2n) is 6.45. The number of hydrogen-bond donors (Lipinski definition) is 0. The van der Waals surface area contributed by atoms with Crippen LogP contribution in [0.1, 0.15) is 55.2 Å². The van der Waals surface area contributed by atoms with Crippen molar-refractivity contribution in [1.82, 2.24) is 14.7 Å². The SMILES string of the molecule is CCCn1nc(C(=O)N(C2CC2)[C@H](C)c2ccc(Cl)cc2)ccc1=O. The topological polar surface area (TPSA) is 55.2 Å². The highest BCUT2D eigenvalue weighted by Crippen LogP contribution is 2.35. The predicted octanol–water partition coefficient (Wildman–Crippen LogP) is 3.67. The molecule has 2 aromatic rings. The van der Waals surface area contributed by atoms with E-state index in [2.05, 4.69) is 5.10 Å². The number of aryl methyl sites for hydroxylation is 1. The average molecular weight is 360 g/mol. The van der Waals surface area contributed by atoms with Gasteiger partial charge in [-0.1, -0.05) is 30.7 Å². The Kier molecular flexibility index (Phi) is 5.23. The molecule has 1 heterocycles. The largest absolute Gasteiger partial charge is 0.328 e. The minimum atomic E-state index is -0.179. The maximum atomic E-state index is 13.1. The van der Waals surface area contributed by atoms with Gasteiger partial charge in [-0.3, -0.25) is 9.59 Å². The maximum absolute atomic E-state index is 13.1. The molecule has 0 saturated heterocycles. The van der Waals surface area contributed by atoms with Gasteiger partial charge in [0.05, 0.1) is 6.04 Å². The predicted molar refractivity (Wildman–Crippen MR) is 97.8 cm³/mol. The first-order chi connectivity index (χ1) is 12.0. The molecule has 0 N–H and O–H groups in total. The van der Waals surface area contributed by atoms with Crippen LogP contribution in [0.3, 0.4) is 0 Å². The lowest BCUT2D eigenvalue weighted by atomic mass is 10.1. The summed E-state index contributed by atoms with van der Waals surface area (Å²) >= 11 is 5.97. The summed E-state index contributed by atoms with van der Waals surface area (Å²) in [6, 6.07) is 10.7. The van der Waals surface area contributed by atoms with Crippen molar-refractivity contribution in [2.45, 2.75) is 51.7 Å². The van der Waals surface area contributed by atoms with E-state index < -0.39 is 0 Å². The summed E-state index contributed by atoms with van der Waals surface area (Å²) < 4.78 is 1.37. The summed E-state index contributed by atoms with van der Waals surface area (Å²) in [7, 11) is 0. The number of benzene rings is 1. The molecule has 5 nitrogen and oxygen atoms in total. The van der Waals surface area contributed by atoms with Gasteiger partial charge in [-0.05, 0) is 49.9 Å². The van der Waals surface area contributed by atoms with E-state index in [0.29, 0.717) is 17.3 Å². The summed E-state index contributed by atoms with van der Waals surface area (Å²) in [6.07, 6.45) is 2.79. The van der Waals surface area contributed by atoms with Crippen molar-refractivity contribution in [1.29, 1.82) is 0 Å². The standard InChI is InChI=1S/C19H22ClN3O2/c1-3-12-22-18(24)11-10-17(21-22)19(25)23(16-8-9-16)13(2)14-4-6-15(20)7-5-14/h4-7,10-11,13,16H,3,8-9,12H2,1-2H3/t13-/m1/s1. The van der Waals surface area contributed by atoms with E-state index >= 15 is 0 Å². The van der Waals surface area contributed by atoms with Crippen LogP contribution >= 0.6 is 11.6 Å². The molecule has 0 bridgehead atoms. The molecule has 1 fully saturated rings. The molecular weight excluding hydrogens is 338 g/mol. The molecule has 1 saturated carbocycles. The van der Waals surface area contributed by atoms with Crippen LogP contribution in [0.15, 0.2) is 41.2 Å². The van der Waals surface area contributed by atoms with Crippen molar-refractivity contribution in [2.24, 2.45) is 0 Å². The van der Waals surface area contributed by atoms with Crippen LogP contribution in [-0.2, 0) is 6.54 Å². The molecule has 0 radical (unpaired) electrons. The van der Waals surface area contributed by atoms with Crippen molar-refractivity contribution in [3.8, 4) is 0 Å². The van der Waals surface area contributed by atoms with E-state index in [1.807, 2.05) is 43.0 Å². The number of aromatic nitrogens is 2. The zero-order valence-electron chi connectivity index (χ0n) is 14.5. The zero-order valence-corrected chi connectivity index (χ0v) is 15.2. The van der Waals surface area contributed by atoms with Crippen LogP contribution in [0.25, 0.3) is 0 Å². The third kappa shape index (κ3) is 3.93. The minimum absolute atomic E-state index is 0.0781. The van der Waals surface area contributed by atoms with Crippen LogP contribution in [0.4, 0.5) is 0 Å². The molecular formula is C19H22ClN3O2. The van der Waals surface area contributed by atoms with Gasteiger partial charge in [-0.2, -0.15) is 5.10 Å². The monoisotopic (exact) mass is 359 g/mol. The first kappa shape index (κ1) is 17.7.